The van der Waals surface area contributed by atoms with Crippen LogP contribution < -0.4 is 0 Å². The average Bonchev–Trinajstić information content (AvgIpc) is 1.61. The minimum absolute atomic E-state index is 0. The summed E-state index contributed by atoms with van der Waals surface area (Å²) in [5.74, 6) is -0.915. The van der Waals surface area contributed by atoms with Crippen molar-refractivity contribution >= 4 is 35.5 Å². The van der Waals surface area contributed by atoms with Crippen molar-refractivity contribution in [2.75, 3.05) is 0 Å². The van der Waals surface area contributed by atoms with Gasteiger partial charge in [0.1, 0.15) is 0 Å². The van der Waals surface area contributed by atoms with Crippen LogP contribution in [0.5, 0.6) is 0 Å². The molecule has 0 spiro atoms. The SMILES string of the molecule is N#CCCC(=O)O.[NaH]. The van der Waals surface area contributed by atoms with Crippen molar-refractivity contribution in [1.29, 1.82) is 5.26 Å². The number of carbonyl (C=O) groups is 1. The van der Waals surface area contributed by atoms with Crippen LogP contribution in [0.25, 0.3) is 0 Å². The molecule has 3 nitrogen and oxygen atoms in total. The van der Waals surface area contributed by atoms with Gasteiger partial charge < -0.3 is 5.11 Å². The van der Waals surface area contributed by atoms with Crippen molar-refractivity contribution in [2.24, 2.45) is 0 Å². The Hall–Kier alpha value is -0.0400. The number of aliphatic carboxylic acids is 1. The van der Waals surface area contributed by atoms with Crippen LogP contribution in [0.4, 0.5) is 0 Å². The molecule has 40 valence electrons. The first-order valence-corrected chi connectivity index (χ1v) is 1.86. The van der Waals surface area contributed by atoms with Crippen molar-refractivity contribution in [3.8, 4) is 6.07 Å². The molecule has 0 aliphatic heterocycles. The second kappa shape index (κ2) is 6.96. The van der Waals surface area contributed by atoms with Crippen LogP contribution >= 0.6 is 0 Å². The molecule has 0 aromatic carbocycles. The molecular weight excluding hydrogens is 117 g/mol. The first kappa shape index (κ1) is 10.9. The van der Waals surface area contributed by atoms with Gasteiger partial charge >= 0.3 is 35.5 Å². The Morgan fingerprint density at radius 1 is 1.75 bits per heavy atom. The number of nitriles is 1. The zero-order valence-electron chi connectivity index (χ0n) is 3.72. The molecule has 4 heteroatoms. The first-order chi connectivity index (χ1) is 3.27. The Labute approximate surface area is 69.6 Å². The van der Waals surface area contributed by atoms with Gasteiger partial charge in [-0.1, -0.05) is 0 Å². The van der Waals surface area contributed by atoms with Crippen LogP contribution in [0.3, 0.4) is 0 Å². The standard InChI is InChI=1S/C4H5NO2.Na.H/c5-3-1-2-4(6)7;;/h1-2H2,(H,6,7);;. The van der Waals surface area contributed by atoms with E-state index in [0.29, 0.717) is 0 Å². The molecular formula is C4H6NNaO2. The van der Waals surface area contributed by atoms with Gasteiger partial charge in [-0.15, -0.1) is 0 Å². The van der Waals surface area contributed by atoms with E-state index in [2.05, 4.69) is 0 Å². The molecule has 0 fully saturated rings. The number of carboxylic acid groups (broad SMARTS) is 1. The van der Waals surface area contributed by atoms with Gasteiger partial charge in [-0.05, 0) is 0 Å². The van der Waals surface area contributed by atoms with Gasteiger partial charge in [0.2, 0.25) is 0 Å². The molecule has 0 aliphatic carbocycles. The Kier molecular flexibility index (Phi) is 9.44. The van der Waals surface area contributed by atoms with Gasteiger partial charge in [-0.2, -0.15) is 5.26 Å². The fourth-order valence-corrected chi connectivity index (χ4v) is 0.163. The summed E-state index contributed by atoms with van der Waals surface area (Å²) in [4.78, 5) is 9.61. The van der Waals surface area contributed by atoms with Crippen molar-refractivity contribution in [1.82, 2.24) is 0 Å². The Morgan fingerprint density at radius 3 is 2.38 bits per heavy atom. The molecule has 0 saturated carbocycles. The summed E-state index contributed by atoms with van der Waals surface area (Å²) in [6, 6.07) is 1.72. The van der Waals surface area contributed by atoms with Gasteiger partial charge in [-0.3, -0.25) is 4.79 Å². The van der Waals surface area contributed by atoms with Crippen LogP contribution in [0, 0.1) is 11.3 Å². The molecule has 8 heavy (non-hydrogen) atoms. The zero-order valence-corrected chi connectivity index (χ0v) is 3.72. The minimum atomic E-state index is -0.915. The third-order valence-corrected chi connectivity index (χ3v) is 0.451. The van der Waals surface area contributed by atoms with Crippen molar-refractivity contribution in [2.45, 2.75) is 12.8 Å². The van der Waals surface area contributed by atoms with E-state index in [4.69, 9.17) is 10.4 Å². The molecule has 0 aliphatic rings. The van der Waals surface area contributed by atoms with E-state index in [0.717, 1.165) is 0 Å². The normalized spacial score (nSPS) is 6.38. The first-order valence-electron chi connectivity index (χ1n) is 1.86. The van der Waals surface area contributed by atoms with Gasteiger partial charge in [0.05, 0.1) is 12.5 Å². The van der Waals surface area contributed by atoms with Crippen molar-refractivity contribution in [3.05, 3.63) is 0 Å². The monoisotopic (exact) mass is 123 g/mol. The molecule has 0 amide bonds. The molecule has 0 aromatic heterocycles. The van der Waals surface area contributed by atoms with E-state index < -0.39 is 5.97 Å². The van der Waals surface area contributed by atoms with E-state index in [1.165, 1.54) is 0 Å². The quantitative estimate of drug-likeness (QED) is 0.514. The third kappa shape index (κ3) is 9.35. The van der Waals surface area contributed by atoms with Crippen LogP contribution in [-0.4, -0.2) is 40.6 Å². The molecule has 0 radical (unpaired) electrons. The second-order valence-electron chi connectivity index (χ2n) is 1.05. The summed E-state index contributed by atoms with van der Waals surface area (Å²) in [6.45, 7) is 0. The molecule has 0 aromatic rings. The van der Waals surface area contributed by atoms with Crippen LogP contribution in [-0.2, 0) is 4.79 Å². The molecule has 0 unspecified atom stereocenters. The summed E-state index contributed by atoms with van der Waals surface area (Å²) in [5.41, 5.74) is 0. The van der Waals surface area contributed by atoms with Crippen LogP contribution in [0.2, 0.25) is 0 Å². The number of carboxylic acids is 1. The number of hydrogen-bond acceptors (Lipinski definition) is 2. The Morgan fingerprint density at radius 2 is 2.25 bits per heavy atom. The average molecular weight is 123 g/mol. The topological polar surface area (TPSA) is 61.1 Å². The second-order valence-corrected chi connectivity index (χ2v) is 1.05. The Balaban J connectivity index is 0. The molecule has 1 N–H and O–H groups in total. The maximum atomic E-state index is 9.61. The Bertz CT molecular complexity index is 107. The maximum absolute atomic E-state index is 9.61. The predicted molar refractivity (Wildman–Crippen MR) is 29.6 cm³/mol. The summed E-state index contributed by atoms with van der Waals surface area (Å²) in [6.07, 6.45) is 0.0613. The van der Waals surface area contributed by atoms with E-state index in [9.17, 15) is 4.79 Å². The van der Waals surface area contributed by atoms with Gasteiger partial charge in [-0.25, -0.2) is 0 Å². The zero-order chi connectivity index (χ0) is 5.70. The predicted octanol–water partition coefficient (Wildman–Crippen LogP) is -0.274. The molecule has 0 bridgehead atoms. The van der Waals surface area contributed by atoms with Gasteiger partial charge in [0.25, 0.3) is 0 Å². The van der Waals surface area contributed by atoms with E-state index in [1.807, 2.05) is 0 Å². The number of nitrogens with zero attached hydrogens (tertiary/aromatic N) is 1. The number of hydrogen-bond donors (Lipinski definition) is 1. The summed E-state index contributed by atoms with van der Waals surface area (Å²) < 4.78 is 0. The molecule has 0 rings (SSSR count). The third-order valence-electron chi connectivity index (χ3n) is 0.451. The number of rotatable bonds is 2. The van der Waals surface area contributed by atoms with Crippen LogP contribution in [0.1, 0.15) is 12.8 Å². The fourth-order valence-electron chi connectivity index (χ4n) is 0.163. The summed E-state index contributed by atoms with van der Waals surface area (Å²) >= 11 is 0. The summed E-state index contributed by atoms with van der Waals surface area (Å²) in [5, 5.41) is 15.7. The van der Waals surface area contributed by atoms with E-state index in [-0.39, 0.29) is 42.4 Å². The molecule has 0 heterocycles. The van der Waals surface area contributed by atoms with Crippen LogP contribution in [0.15, 0.2) is 0 Å². The molecule has 0 saturated heterocycles. The molecule has 0 atom stereocenters. The van der Waals surface area contributed by atoms with Crippen molar-refractivity contribution < 1.29 is 9.90 Å². The van der Waals surface area contributed by atoms with Gasteiger partial charge in [0, 0.05) is 6.42 Å². The van der Waals surface area contributed by atoms with E-state index in [1.54, 1.807) is 6.07 Å². The fraction of sp³-hybridized carbons (Fsp3) is 0.500. The summed E-state index contributed by atoms with van der Waals surface area (Å²) in [7, 11) is 0. The van der Waals surface area contributed by atoms with E-state index >= 15 is 0 Å². The van der Waals surface area contributed by atoms with Crippen molar-refractivity contribution in [3.63, 3.8) is 0 Å². The van der Waals surface area contributed by atoms with Gasteiger partial charge in [0.15, 0.2) is 0 Å².